The molecular formula is C32H40Br2N2O14S2. The molecule has 0 unspecified atom stereocenters. The summed E-state index contributed by atoms with van der Waals surface area (Å²) in [7, 11) is -8.01. The third-order valence-corrected chi connectivity index (χ3v) is 9.47. The average Bonchev–Trinajstić information content (AvgIpc) is 3.36. The minimum Gasteiger partial charge on any atom is -0.443 e. The standard InChI is InChI=1S/C17H22BrNO9S2.C15H18BrNO5/c1-16(2,3)28-15(21)19-13-8-11(18)6-7-12(13)17(14(19)20,9-26-29(4,22)23)10-27-30(5,24)25;1-14(2,3)22-13(21)17-11-6-9(16)4-5-10(11)15(7-18,8-19)12(17)20/h6-8H,9-10H2,1-5H3;4-6,18-19H,7-8H2,1-3H3. The van der Waals surface area contributed by atoms with E-state index in [4.69, 9.17) is 17.8 Å². The molecule has 0 aromatic heterocycles. The summed E-state index contributed by atoms with van der Waals surface area (Å²) >= 11 is 6.55. The summed E-state index contributed by atoms with van der Waals surface area (Å²) in [6.07, 6.45) is -0.273. The summed E-state index contributed by atoms with van der Waals surface area (Å²) in [4.78, 5) is 52.8. The molecule has 0 fully saturated rings. The molecule has 2 N–H and O–H groups in total. The quantitative estimate of drug-likeness (QED) is 0.360. The Balaban J connectivity index is 0.000000294. The van der Waals surface area contributed by atoms with Gasteiger partial charge in [-0.1, -0.05) is 44.0 Å². The van der Waals surface area contributed by atoms with Gasteiger partial charge in [-0.25, -0.2) is 19.4 Å². The van der Waals surface area contributed by atoms with Crippen LogP contribution >= 0.6 is 31.9 Å². The number of hydrogen-bond donors (Lipinski definition) is 2. The molecule has 288 valence electrons. The summed E-state index contributed by atoms with van der Waals surface area (Å²) in [5.74, 6) is -1.63. The van der Waals surface area contributed by atoms with E-state index in [1.165, 1.54) is 12.1 Å². The number of benzene rings is 2. The molecule has 0 atom stereocenters. The maximum absolute atomic E-state index is 13.4. The van der Waals surface area contributed by atoms with E-state index in [0.29, 0.717) is 20.2 Å². The fourth-order valence-electron chi connectivity index (χ4n) is 5.14. The Kier molecular flexibility index (Phi) is 12.9. The topological polar surface area (TPSA) is 220 Å². The molecule has 0 bridgehead atoms. The molecule has 4 rings (SSSR count). The number of aliphatic hydroxyl groups is 2. The zero-order chi connectivity index (χ0) is 39.8. The lowest BCUT2D eigenvalue weighted by molar-refractivity contribution is -0.126. The lowest BCUT2D eigenvalue weighted by Gasteiger charge is -2.28. The third-order valence-electron chi connectivity index (χ3n) is 7.39. The number of ether oxygens (including phenoxy) is 2. The highest BCUT2D eigenvalue weighted by Gasteiger charge is 2.56. The van der Waals surface area contributed by atoms with Crippen LogP contribution < -0.4 is 9.80 Å². The molecule has 16 nitrogen and oxygen atoms in total. The Morgan fingerprint density at radius 3 is 1.31 bits per heavy atom. The summed E-state index contributed by atoms with van der Waals surface area (Å²) < 4.78 is 67.9. The van der Waals surface area contributed by atoms with Crippen LogP contribution in [0.5, 0.6) is 0 Å². The fourth-order valence-corrected chi connectivity index (χ4v) is 6.66. The lowest BCUT2D eigenvalue weighted by Crippen LogP contribution is -2.50. The number of amides is 4. The molecule has 0 saturated heterocycles. The predicted octanol–water partition coefficient (Wildman–Crippen LogP) is 3.87. The zero-order valence-electron chi connectivity index (χ0n) is 29.6. The monoisotopic (exact) mass is 898 g/mol. The Morgan fingerprint density at radius 2 is 1.00 bits per heavy atom. The highest BCUT2D eigenvalue weighted by atomic mass is 79.9. The van der Waals surface area contributed by atoms with Crippen LogP contribution in [-0.4, -0.2) is 101 Å². The molecule has 0 radical (unpaired) electrons. The van der Waals surface area contributed by atoms with Crippen molar-refractivity contribution in [3.05, 3.63) is 56.5 Å². The van der Waals surface area contributed by atoms with E-state index in [0.717, 1.165) is 22.3 Å². The van der Waals surface area contributed by atoms with Crippen molar-refractivity contribution in [3.63, 3.8) is 0 Å². The predicted molar refractivity (Wildman–Crippen MR) is 195 cm³/mol. The molecule has 2 aliphatic heterocycles. The summed E-state index contributed by atoms with van der Waals surface area (Å²) in [5.41, 5.74) is -4.19. The van der Waals surface area contributed by atoms with E-state index in [1.54, 1.807) is 65.8 Å². The van der Waals surface area contributed by atoms with Crippen LogP contribution in [0.4, 0.5) is 21.0 Å². The highest BCUT2D eigenvalue weighted by molar-refractivity contribution is 9.10. The summed E-state index contributed by atoms with van der Waals surface area (Å²) in [6, 6.07) is 9.35. The number of nitrogens with zero attached hydrogens (tertiary/aromatic N) is 2. The van der Waals surface area contributed by atoms with Crippen LogP contribution in [0, 0.1) is 0 Å². The van der Waals surface area contributed by atoms with Crippen LogP contribution in [0.15, 0.2) is 45.3 Å². The minimum atomic E-state index is -4.01. The van der Waals surface area contributed by atoms with Crippen molar-refractivity contribution in [2.75, 3.05) is 48.7 Å². The van der Waals surface area contributed by atoms with Gasteiger partial charge >= 0.3 is 12.2 Å². The largest absolute Gasteiger partial charge is 0.443 e. The van der Waals surface area contributed by atoms with Crippen molar-refractivity contribution in [1.29, 1.82) is 0 Å². The number of aliphatic hydroxyl groups excluding tert-OH is 2. The van der Waals surface area contributed by atoms with Crippen molar-refractivity contribution >= 4 is 87.5 Å². The second kappa shape index (κ2) is 15.4. The molecule has 2 aliphatic rings. The van der Waals surface area contributed by atoms with Crippen molar-refractivity contribution in [2.45, 2.75) is 63.6 Å². The number of carbonyl (C=O) groups is 4. The van der Waals surface area contributed by atoms with Gasteiger partial charge in [-0.05, 0) is 76.9 Å². The molecule has 2 aromatic carbocycles. The average molecular weight is 901 g/mol. The maximum atomic E-state index is 13.4. The number of anilines is 2. The Hall–Kier alpha value is -2.98. The summed E-state index contributed by atoms with van der Waals surface area (Å²) in [6.45, 7) is 7.17. The van der Waals surface area contributed by atoms with Gasteiger partial charge in [-0.2, -0.15) is 16.8 Å². The van der Waals surface area contributed by atoms with E-state index in [2.05, 4.69) is 31.9 Å². The van der Waals surface area contributed by atoms with E-state index in [-0.39, 0.29) is 11.3 Å². The van der Waals surface area contributed by atoms with Gasteiger partial charge in [0.25, 0.3) is 32.1 Å². The molecule has 0 spiro atoms. The first kappa shape index (κ1) is 43.4. The maximum Gasteiger partial charge on any atom is 0.421 e. The number of halogens is 2. The van der Waals surface area contributed by atoms with Crippen LogP contribution in [-0.2, 0) is 58.5 Å². The molecular weight excluding hydrogens is 860 g/mol. The second-order valence-corrected chi connectivity index (χ2v) is 19.1. The fraction of sp³-hybridized carbons (Fsp3) is 0.500. The van der Waals surface area contributed by atoms with Gasteiger partial charge in [0.2, 0.25) is 0 Å². The van der Waals surface area contributed by atoms with Gasteiger partial charge in [0, 0.05) is 8.95 Å². The van der Waals surface area contributed by atoms with Crippen LogP contribution in [0.3, 0.4) is 0 Å². The third kappa shape index (κ3) is 9.76. The van der Waals surface area contributed by atoms with Gasteiger partial charge in [0.1, 0.15) is 22.0 Å². The zero-order valence-corrected chi connectivity index (χ0v) is 34.4. The number of rotatable bonds is 8. The number of carbonyl (C=O) groups excluding carboxylic acids is 4. The van der Waals surface area contributed by atoms with Crippen molar-refractivity contribution in [3.8, 4) is 0 Å². The Labute approximate surface area is 318 Å². The molecule has 2 aromatic rings. The van der Waals surface area contributed by atoms with E-state index < -0.39 is 92.7 Å². The Morgan fingerprint density at radius 1 is 0.673 bits per heavy atom. The van der Waals surface area contributed by atoms with E-state index >= 15 is 0 Å². The van der Waals surface area contributed by atoms with Crippen LogP contribution in [0.1, 0.15) is 52.7 Å². The van der Waals surface area contributed by atoms with Gasteiger partial charge in [-0.3, -0.25) is 18.0 Å². The van der Waals surface area contributed by atoms with Gasteiger partial charge in [-0.15, -0.1) is 0 Å². The van der Waals surface area contributed by atoms with E-state index in [9.17, 15) is 46.2 Å². The second-order valence-electron chi connectivity index (χ2n) is 14.0. The Bertz CT molecular complexity index is 1930. The van der Waals surface area contributed by atoms with Gasteiger partial charge in [0.15, 0.2) is 0 Å². The smallest absolute Gasteiger partial charge is 0.421 e. The molecule has 0 aliphatic carbocycles. The van der Waals surface area contributed by atoms with E-state index in [1.807, 2.05) is 0 Å². The first-order chi connectivity index (χ1) is 23.6. The van der Waals surface area contributed by atoms with Crippen molar-refractivity contribution in [1.82, 2.24) is 0 Å². The van der Waals surface area contributed by atoms with Crippen LogP contribution in [0.25, 0.3) is 0 Å². The van der Waals surface area contributed by atoms with Gasteiger partial charge in [0.05, 0.1) is 50.3 Å². The van der Waals surface area contributed by atoms with Gasteiger partial charge < -0.3 is 19.7 Å². The molecule has 20 heteroatoms. The highest BCUT2D eigenvalue weighted by Crippen LogP contribution is 2.46. The van der Waals surface area contributed by atoms with Crippen molar-refractivity contribution < 1.29 is 64.1 Å². The SMILES string of the molecule is CC(C)(C)OC(=O)N1C(=O)C(CO)(CO)c2ccc(Br)cc21.CC(C)(C)OC(=O)N1C(=O)C(COS(C)(=O)=O)(COS(C)(=O)=O)c2ccc(Br)cc21. The molecule has 0 saturated carbocycles. The normalized spacial score (nSPS) is 16.5. The molecule has 52 heavy (non-hydrogen) atoms. The first-order valence-electron chi connectivity index (χ1n) is 15.3. The molecule has 2 heterocycles. The number of fused-ring (bicyclic) bond motifs is 2. The van der Waals surface area contributed by atoms with Crippen molar-refractivity contribution in [2.24, 2.45) is 0 Å². The number of imide groups is 2. The lowest BCUT2D eigenvalue weighted by atomic mass is 9.83. The number of hydrogen-bond acceptors (Lipinski definition) is 14. The minimum absolute atomic E-state index is 0.0952. The first-order valence-corrected chi connectivity index (χ1v) is 20.5. The summed E-state index contributed by atoms with van der Waals surface area (Å²) in [5, 5.41) is 19.3. The molecule has 4 amide bonds. The van der Waals surface area contributed by atoms with Crippen LogP contribution in [0.2, 0.25) is 0 Å².